The Morgan fingerprint density at radius 1 is 1.00 bits per heavy atom. The summed E-state index contributed by atoms with van der Waals surface area (Å²) >= 11 is 3.46. The summed E-state index contributed by atoms with van der Waals surface area (Å²) in [4.78, 5) is 2.52. The quantitative estimate of drug-likeness (QED) is 0.675. The first-order valence-electron chi connectivity index (χ1n) is 6.33. The number of benzene rings is 1. The van der Waals surface area contributed by atoms with Crippen LogP contribution >= 0.6 is 22.7 Å². The Balaban J connectivity index is 1.95. The van der Waals surface area contributed by atoms with Gasteiger partial charge in [0.15, 0.2) is 0 Å². The van der Waals surface area contributed by atoms with E-state index in [2.05, 4.69) is 40.3 Å². The van der Waals surface area contributed by atoms with Crippen molar-refractivity contribution in [2.75, 3.05) is 5.32 Å². The number of anilines is 1. The highest BCUT2D eigenvalue weighted by atomic mass is 32.1. The summed E-state index contributed by atoms with van der Waals surface area (Å²) in [6, 6.07) is 13.3. The standard InChI is InChI=1S/C16H14FNS2/c1-11-10-12(17)6-7-13(11)18-16(14-4-2-8-19-14)15-5-3-9-20-15/h2-10,16,18H,1H3. The van der Waals surface area contributed by atoms with Crippen LogP contribution in [0.3, 0.4) is 0 Å². The van der Waals surface area contributed by atoms with Gasteiger partial charge in [-0.25, -0.2) is 4.39 Å². The number of rotatable bonds is 4. The Hall–Kier alpha value is -1.65. The van der Waals surface area contributed by atoms with Crippen molar-refractivity contribution in [3.63, 3.8) is 0 Å². The van der Waals surface area contributed by atoms with Crippen molar-refractivity contribution in [1.29, 1.82) is 0 Å². The number of hydrogen-bond acceptors (Lipinski definition) is 3. The molecule has 2 aromatic heterocycles. The lowest BCUT2D eigenvalue weighted by atomic mass is 10.1. The van der Waals surface area contributed by atoms with Gasteiger partial charge in [0.05, 0.1) is 6.04 Å². The van der Waals surface area contributed by atoms with Crippen molar-refractivity contribution in [3.05, 3.63) is 74.4 Å². The molecule has 0 aliphatic rings. The second-order valence-electron chi connectivity index (χ2n) is 4.57. The predicted octanol–water partition coefficient (Wildman–Crippen LogP) is 5.46. The fourth-order valence-electron chi connectivity index (χ4n) is 2.14. The van der Waals surface area contributed by atoms with Crippen LogP contribution in [0.4, 0.5) is 10.1 Å². The Morgan fingerprint density at radius 2 is 1.65 bits per heavy atom. The molecule has 0 fully saturated rings. The minimum absolute atomic E-state index is 0.124. The molecule has 0 unspecified atom stereocenters. The molecule has 3 rings (SSSR count). The van der Waals surface area contributed by atoms with Gasteiger partial charge in [-0.1, -0.05) is 12.1 Å². The first-order chi connectivity index (χ1) is 9.74. The zero-order valence-corrected chi connectivity index (χ0v) is 12.6. The molecule has 3 aromatic rings. The maximum Gasteiger partial charge on any atom is 0.123 e. The molecule has 0 atom stereocenters. The molecular formula is C16H14FNS2. The maximum absolute atomic E-state index is 13.2. The van der Waals surface area contributed by atoms with Crippen molar-refractivity contribution >= 4 is 28.4 Å². The molecule has 1 nitrogen and oxygen atoms in total. The molecular weight excluding hydrogens is 289 g/mol. The van der Waals surface area contributed by atoms with Crippen molar-refractivity contribution in [3.8, 4) is 0 Å². The molecule has 102 valence electrons. The first-order valence-corrected chi connectivity index (χ1v) is 8.09. The maximum atomic E-state index is 13.2. The number of halogens is 1. The van der Waals surface area contributed by atoms with Gasteiger partial charge in [-0.15, -0.1) is 22.7 Å². The molecule has 0 saturated heterocycles. The average Bonchev–Trinajstić information content (AvgIpc) is 3.11. The Kier molecular flexibility index (Phi) is 3.85. The zero-order chi connectivity index (χ0) is 13.9. The van der Waals surface area contributed by atoms with E-state index in [9.17, 15) is 4.39 Å². The lowest BCUT2D eigenvalue weighted by Gasteiger charge is -2.19. The number of hydrogen-bond donors (Lipinski definition) is 1. The second kappa shape index (κ2) is 5.77. The third kappa shape index (κ3) is 2.76. The number of aryl methyl sites for hydroxylation is 1. The zero-order valence-electron chi connectivity index (χ0n) is 11.0. The van der Waals surface area contributed by atoms with E-state index in [4.69, 9.17) is 0 Å². The van der Waals surface area contributed by atoms with E-state index in [1.165, 1.54) is 15.8 Å². The van der Waals surface area contributed by atoms with Crippen LogP contribution in [0.5, 0.6) is 0 Å². The van der Waals surface area contributed by atoms with Crippen LogP contribution < -0.4 is 5.32 Å². The largest absolute Gasteiger partial charge is 0.373 e. The average molecular weight is 303 g/mol. The van der Waals surface area contributed by atoms with Crippen molar-refractivity contribution in [2.24, 2.45) is 0 Å². The van der Waals surface area contributed by atoms with Gasteiger partial charge in [-0.05, 0) is 53.6 Å². The third-order valence-electron chi connectivity index (χ3n) is 3.14. The van der Waals surface area contributed by atoms with E-state index in [1.54, 1.807) is 34.8 Å². The molecule has 4 heteroatoms. The van der Waals surface area contributed by atoms with E-state index < -0.39 is 0 Å². The van der Waals surface area contributed by atoms with E-state index >= 15 is 0 Å². The van der Waals surface area contributed by atoms with E-state index in [0.29, 0.717) is 0 Å². The second-order valence-corrected chi connectivity index (χ2v) is 6.53. The topological polar surface area (TPSA) is 12.0 Å². The van der Waals surface area contributed by atoms with E-state index in [0.717, 1.165) is 11.3 Å². The lowest BCUT2D eigenvalue weighted by molar-refractivity contribution is 0.626. The van der Waals surface area contributed by atoms with Crippen LogP contribution in [0.2, 0.25) is 0 Å². The van der Waals surface area contributed by atoms with Crippen LogP contribution in [-0.2, 0) is 0 Å². The first kappa shape index (κ1) is 13.3. The predicted molar refractivity (Wildman–Crippen MR) is 85.2 cm³/mol. The summed E-state index contributed by atoms with van der Waals surface area (Å²) in [5.41, 5.74) is 1.89. The summed E-state index contributed by atoms with van der Waals surface area (Å²) in [5.74, 6) is -0.197. The molecule has 0 radical (unpaired) electrons. The highest BCUT2D eigenvalue weighted by Gasteiger charge is 2.17. The summed E-state index contributed by atoms with van der Waals surface area (Å²) < 4.78 is 13.2. The fraction of sp³-hybridized carbons (Fsp3) is 0.125. The number of nitrogens with one attached hydrogen (secondary N) is 1. The Morgan fingerprint density at radius 3 is 2.15 bits per heavy atom. The summed E-state index contributed by atoms with van der Waals surface area (Å²) in [6.45, 7) is 1.92. The molecule has 0 saturated carbocycles. The minimum atomic E-state index is -0.197. The molecule has 1 N–H and O–H groups in total. The van der Waals surface area contributed by atoms with Gasteiger partial charge in [0, 0.05) is 15.4 Å². The monoisotopic (exact) mass is 303 g/mol. The fourth-order valence-corrected chi connectivity index (χ4v) is 3.80. The molecule has 0 bridgehead atoms. The molecule has 0 aliphatic carbocycles. The Labute approximate surface area is 125 Å². The van der Waals surface area contributed by atoms with Crippen LogP contribution in [0, 0.1) is 12.7 Å². The summed E-state index contributed by atoms with van der Waals surface area (Å²) in [7, 11) is 0. The van der Waals surface area contributed by atoms with Crippen LogP contribution in [0.15, 0.2) is 53.2 Å². The molecule has 0 aliphatic heterocycles. The lowest BCUT2D eigenvalue weighted by Crippen LogP contribution is -2.10. The van der Waals surface area contributed by atoms with Gasteiger partial charge < -0.3 is 5.32 Å². The summed E-state index contributed by atoms with van der Waals surface area (Å²) in [6.07, 6.45) is 0. The van der Waals surface area contributed by atoms with Crippen molar-refractivity contribution < 1.29 is 4.39 Å². The van der Waals surface area contributed by atoms with Crippen LogP contribution in [-0.4, -0.2) is 0 Å². The highest BCUT2D eigenvalue weighted by molar-refractivity contribution is 7.11. The molecule has 20 heavy (non-hydrogen) atoms. The smallest absolute Gasteiger partial charge is 0.123 e. The van der Waals surface area contributed by atoms with Gasteiger partial charge in [0.2, 0.25) is 0 Å². The Bertz CT molecular complexity index is 640. The van der Waals surface area contributed by atoms with Gasteiger partial charge in [0.1, 0.15) is 5.82 Å². The highest BCUT2D eigenvalue weighted by Crippen LogP contribution is 2.33. The molecule has 0 spiro atoms. The molecule has 1 aromatic carbocycles. The van der Waals surface area contributed by atoms with Gasteiger partial charge in [-0.2, -0.15) is 0 Å². The van der Waals surface area contributed by atoms with Crippen LogP contribution in [0.1, 0.15) is 21.4 Å². The summed E-state index contributed by atoms with van der Waals surface area (Å²) in [5, 5.41) is 7.69. The minimum Gasteiger partial charge on any atom is -0.373 e. The van der Waals surface area contributed by atoms with E-state index in [-0.39, 0.29) is 11.9 Å². The van der Waals surface area contributed by atoms with Gasteiger partial charge in [-0.3, -0.25) is 0 Å². The third-order valence-corrected chi connectivity index (χ3v) is 5.02. The van der Waals surface area contributed by atoms with Crippen molar-refractivity contribution in [1.82, 2.24) is 0 Å². The van der Waals surface area contributed by atoms with E-state index in [1.807, 2.05) is 6.92 Å². The van der Waals surface area contributed by atoms with Crippen LogP contribution in [0.25, 0.3) is 0 Å². The van der Waals surface area contributed by atoms with Crippen molar-refractivity contribution in [2.45, 2.75) is 13.0 Å². The molecule has 2 heterocycles. The normalized spacial score (nSPS) is 10.9. The van der Waals surface area contributed by atoms with Gasteiger partial charge in [0.25, 0.3) is 0 Å². The SMILES string of the molecule is Cc1cc(F)ccc1NC(c1cccs1)c1cccs1. The number of thiophene rings is 2. The molecule has 0 amide bonds. The van der Waals surface area contributed by atoms with Gasteiger partial charge >= 0.3 is 0 Å².